The van der Waals surface area contributed by atoms with E-state index in [1.54, 1.807) is 0 Å². The molecule has 0 radical (unpaired) electrons. The van der Waals surface area contributed by atoms with Crippen LogP contribution in [-0.4, -0.2) is 0 Å². The summed E-state index contributed by atoms with van der Waals surface area (Å²) in [6, 6.07) is 0.888. The van der Waals surface area contributed by atoms with Crippen molar-refractivity contribution in [3.05, 3.63) is 28.6 Å². The van der Waals surface area contributed by atoms with Gasteiger partial charge in [-0.3, -0.25) is 0 Å². The molecule has 1 aromatic rings. The minimum Gasteiger partial charge on any atom is -0.395 e. The Balaban J connectivity index is 3.81. The summed E-state index contributed by atoms with van der Waals surface area (Å²) >= 11 is 0. The third kappa shape index (κ3) is 1.64. The molecule has 0 spiro atoms. The van der Waals surface area contributed by atoms with Crippen LogP contribution < -0.4 is 5.73 Å². The molecule has 2 nitrogen and oxygen atoms in total. The summed E-state index contributed by atoms with van der Waals surface area (Å²) < 4.78 is 75.0. The molecular formula is C8H2F6N2. The molecule has 0 saturated carbocycles. The number of nitrogens with zero attached hydrogens (tertiary/aromatic N) is 1. The molecule has 1 aromatic carbocycles. The van der Waals surface area contributed by atoms with Crippen molar-refractivity contribution in [3.63, 3.8) is 0 Å². The number of benzene rings is 1. The van der Waals surface area contributed by atoms with Crippen molar-refractivity contribution in [1.82, 2.24) is 0 Å². The first kappa shape index (κ1) is 12.2. The molecule has 0 aromatic heterocycles. The van der Waals surface area contributed by atoms with Crippen LogP contribution in [0.2, 0.25) is 0 Å². The van der Waals surface area contributed by atoms with Gasteiger partial charge in [-0.05, 0) is 0 Å². The van der Waals surface area contributed by atoms with E-state index in [1.807, 2.05) is 0 Å². The first-order valence-corrected chi connectivity index (χ1v) is 3.65. The van der Waals surface area contributed by atoms with Gasteiger partial charge in [-0.15, -0.1) is 0 Å². The molecule has 0 saturated heterocycles. The maximum absolute atomic E-state index is 12.8. The maximum atomic E-state index is 12.8. The quantitative estimate of drug-likeness (QED) is 0.430. The Morgan fingerprint density at radius 2 is 1.50 bits per heavy atom. The molecule has 2 N–H and O–H groups in total. The summed E-state index contributed by atoms with van der Waals surface area (Å²) in [5.74, 6) is -6.85. The molecule has 8 heteroatoms. The van der Waals surface area contributed by atoms with E-state index in [0.29, 0.717) is 0 Å². The van der Waals surface area contributed by atoms with Gasteiger partial charge in [-0.1, -0.05) is 0 Å². The van der Waals surface area contributed by atoms with Crippen LogP contribution in [0.4, 0.5) is 32.0 Å². The fourth-order valence-electron chi connectivity index (χ4n) is 1.06. The van der Waals surface area contributed by atoms with Crippen LogP contribution in [0.1, 0.15) is 11.1 Å². The lowest BCUT2D eigenvalue weighted by Crippen LogP contribution is -2.16. The van der Waals surface area contributed by atoms with E-state index in [2.05, 4.69) is 0 Å². The van der Waals surface area contributed by atoms with E-state index in [1.165, 1.54) is 0 Å². The highest BCUT2D eigenvalue weighted by molar-refractivity contribution is 5.60. The topological polar surface area (TPSA) is 49.8 Å². The van der Waals surface area contributed by atoms with Gasteiger partial charge < -0.3 is 5.73 Å². The Bertz CT molecular complexity index is 485. The number of alkyl halides is 3. The molecular weight excluding hydrogens is 238 g/mol. The summed E-state index contributed by atoms with van der Waals surface area (Å²) in [6.45, 7) is 0. The molecule has 0 bridgehead atoms. The minimum absolute atomic E-state index is 0.888. The standard InChI is InChI=1S/C8H2F6N2/c9-4-3(8(12,13)14)2(1-15)7(16)6(11)5(4)10/h16H2. The number of anilines is 1. The summed E-state index contributed by atoms with van der Waals surface area (Å²) in [6.07, 6.45) is -5.34. The Morgan fingerprint density at radius 1 is 1.00 bits per heavy atom. The zero-order chi connectivity index (χ0) is 12.7. The lowest BCUT2D eigenvalue weighted by molar-refractivity contribution is -0.140. The van der Waals surface area contributed by atoms with Crippen LogP contribution in [-0.2, 0) is 6.18 Å². The molecule has 0 amide bonds. The van der Waals surface area contributed by atoms with Crippen molar-refractivity contribution >= 4 is 5.69 Å². The zero-order valence-corrected chi connectivity index (χ0v) is 7.29. The Hall–Kier alpha value is -1.91. The third-order valence-electron chi connectivity index (χ3n) is 1.76. The van der Waals surface area contributed by atoms with Crippen LogP contribution in [0.5, 0.6) is 0 Å². The van der Waals surface area contributed by atoms with Gasteiger partial charge >= 0.3 is 6.18 Å². The van der Waals surface area contributed by atoms with Crippen molar-refractivity contribution in [2.75, 3.05) is 5.73 Å². The number of nitrogen functional groups attached to an aromatic ring is 1. The van der Waals surface area contributed by atoms with E-state index in [4.69, 9.17) is 11.0 Å². The molecule has 1 rings (SSSR count). The molecule has 0 aliphatic carbocycles. The van der Waals surface area contributed by atoms with Gasteiger partial charge in [0, 0.05) is 0 Å². The SMILES string of the molecule is N#Cc1c(N)c(F)c(F)c(F)c1C(F)(F)F. The predicted molar refractivity (Wildman–Crippen MR) is 40.4 cm³/mol. The highest BCUT2D eigenvalue weighted by atomic mass is 19.4. The highest BCUT2D eigenvalue weighted by Crippen LogP contribution is 2.38. The van der Waals surface area contributed by atoms with E-state index >= 15 is 0 Å². The lowest BCUT2D eigenvalue weighted by atomic mass is 10.0. The number of rotatable bonds is 0. The first-order valence-electron chi connectivity index (χ1n) is 3.65. The average molecular weight is 240 g/mol. The van der Waals surface area contributed by atoms with E-state index in [9.17, 15) is 26.3 Å². The number of nitrogens with two attached hydrogens (primary N) is 1. The second-order valence-electron chi connectivity index (χ2n) is 2.72. The van der Waals surface area contributed by atoms with Gasteiger partial charge in [0.2, 0.25) is 0 Å². The molecule has 16 heavy (non-hydrogen) atoms. The van der Waals surface area contributed by atoms with Crippen molar-refractivity contribution in [2.45, 2.75) is 6.18 Å². The predicted octanol–water partition coefficient (Wildman–Crippen LogP) is 2.58. The molecule has 0 atom stereocenters. The normalized spacial score (nSPS) is 11.3. The zero-order valence-electron chi connectivity index (χ0n) is 7.29. The highest BCUT2D eigenvalue weighted by Gasteiger charge is 2.41. The molecule has 0 aliphatic rings. The van der Waals surface area contributed by atoms with Crippen molar-refractivity contribution in [1.29, 1.82) is 5.26 Å². The van der Waals surface area contributed by atoms with Crippen LogP contribution in [0.15, 0.2) is 0 Å². The summed E-state index contributed by atoms with van der Waals surface area (Å²) in [5, 5.41) is 8.32. The van der Waals surface area contributed by atoms with Crippen molar-refractivity contribution in [2.24, 2.45) is 0 Å². The van der Waals surface area contributed by atoms with E-state index in [-0.39, 0.29) is 0 Å². The van der Waals surface area contributed by atoms with Crippen molar-refractivity contribution < 1.29 is 26.3 Å². The summed E-state index contributed by atoms with van der Waals surface area (Å²) in [4.78, 5) is 0. The van der Waals surface area contributed by atoms with Gasteiger partial charge in [0.1, 0.15) is 11.6 Å². The Kier molecular flexibility index (Phi) is 2.73. The van der Waals surface area contributed by atoms with Gasteiger partial charge in [0.25, 0.3) is 0 Å². The summed E-state index contributed by atoms with van der Waals surface area (Å²) in [5.41, 5.74) is -0.282. The Morgan fingerprint density at radius 3 is 1.88 bits per heavy atom. The molecule has 0 heterocycles. The van der Waals surface area contributed by atoms with Crippen molar-refractivity contribution in [3.8, 4) is 6.07 Å². The first-order chi connectivity index (χ1) is 7.21. The second-order valence-corrected chi connectivity index (χ2v) is 2.72. The fraction of sp³-hybridized carbons (Fsp3) is 0.125. The van der Waals surface area contributed by atoms with Gasteiger partial charge in [-0.2, -0.15) is 18.4 Å². The minimum atomic E-state index is -5.34. The molecule has 0 unspecified atom stereocenters. The number of hydrogen-bond acceptors (Lipinski definition) is 2. The Labute approximate surface area is 84.9 Å². The monoisotopic (exact) mass is 240 g/mol. The van der Waals surface area contributed by atoms with Gasteiger partial charge in [-0.25, -0.2) is 13.2 Å². The van der Waals surface area contributed by atoms with Crippen LogP contribution in [0, 0.1) is 28.8 Å². The molecule has 0 aliphatic heterocycles. The number of halogens is 6. The second kappa shape index (κ2) is 3.59. The fourth-order valence-corrected chi connectivity index (χ4v) is 1.06. The average Bonchev–Trinajstić information content (AvgIpc) is 2.18. The number of hydrogen-bond donors (Lipinski definition) is 1. The van der Waals surface area contributed by atoms with E-state index < -0.39 is 40.4 Å². The van der Waals surface area contributed by atoms with Crippen LogP contribution in [0.25, 0.3) is 0 Å². The maximum Gasteiger partial charge on any atom is 0.420 e. The smallest absolute Gasteiger partial charge is 0.395 e. The molecule has 0 fully saturated rings. The van der Waals surface area contributed by atoms with Crippen LogP contribution in [0.3, 0.4) is 0 Å². The largest absolute Gasteiger partial charge is 0.420 e. The summed E-state index contributed by atoms with van der Waals surface area (Å²) in [7, 11) is 0. The lowest BCUT2D eigenvalue weighted by Gasteiger charge is -2.12. The van der Waals surface area contributed by atoms with Gasteiger partial charge in [0.05, 0.1) is 11.3 Å². The van der Waals surface area contributed by atoms with Crippen LogP contribution >= 0.6 is 0 Å². The number of nitriles is 1. The van der Waals surface area contributed by atoms with E-state index in [0.717, 1.165) is 6.07 Å². The molecule has 86 valence electrons. The van der Waals surface area contributed by atoms with Gasteiger partial charge in [0.15, 0.2) is 17.5 Å². The third-order valence-corrected chi connectivity index (χ3v) is 1.76.